The SMILES string of the molecule is CCOc1ccccc1CCC(=O)Nc1ccc(N2CCOCC2)nc1. The molecule has 0 saturated carbocycles. The van der Waals surface area contributed by atoms with Crippen LogP contribution in [-0.2, 0) is 16.0 Å². The number of hydrogen-bond acceptors (Lipinski definition) is 5. The Morgan fingerprint density at radius 1 is 1.23 bits per heavy atom. The van der Waals surface area contributed by atoms with E-state index in [1.165, 1.54) is 0 Å². The van der Waals surface area contributed by atoms with Gasteiger partial charge in [-0.3, -0.25) is 4.79 Å². The van der Waals surface area contributed by atoms with Crippen molar-refractivity contribution in [3.8, 4) is 5.75 Å². The van der Waals surface area contributed by atoms with Gasteiger partial charge >= 0.3 is 0 Å². The topological polar surface area (TPSA) is 63.7 Å². The summed E-state index contributed by atoms with van der Waals surface area (Å²) in [5.41, 5.74) is 1.76. The lowest BCUT2D eigenvalue weighted by Crippen LogP contribution is -2.36. The molecular formula is C20H25N3O3. The first kappa shape index (κ1) is 18.2. The van der Waals surface area contributed by atoms with Gasteiger partial charge in [0.05, 0.1) is 31.7 Å². The molecule has 6 nitrogen and oxygen atoms in total. The predicted molar refractivity (Wildman–Crippen MR) is 102 cm³/mol. The number of carbonyl (C=O) groups excluding carboxylic acids is 1. The Bertz CT molecular complexity index is 712. The van der Waals surface area contributed by atoms with Crippen LogP contribution in [0.1, 0.15) is 18.9 Å². The lowest BCUT2D eigenvalue weighted by Gasteiger charge is -2.27. The Morgan fingerprint density at radius 3 is 2.77 bits per heavy atom. The van der Waals surface area contributed by atoms with Gasteiger partial charge in [0.2, 0.25) is 5.91 Å². The normalized spacial score (nSPS) is 14.1. The second-order valence-corrected chi connectivity index (χ2v) is 6.09. The molecule has 0 aliphatic carbocycles. The van der Waals surface area contributed by atoms with Gasteiger partial charge in [0.25, 0.3) is 0 Å². The summed E-state index contributed by atoms with van der Waals surface area (Å²) in [6.45, 7) is 5.71. The fraction of sp³-hybridized carbons (Fsp3) is 0.400. The van der Waals surface area contributed by atoms with Crippen LogP contribution in [0.2, 0.25) is 0 Å². The number of para-hydroxylation sites is 1. The summed E-state index contributed by atoms with van der Waals surface area (Å²) in [6, 6.07) is 11.7. The number of morpholine rings is 1. The summed E-state index contributed by atoms with van der Waals surface area (Å²) < 4.78 is 11.0. The Balaban J connectivity index is 1.52. The summed E-state index contributed by atoms with van der Waals surface area (Å²) in [4.78, 5) is 18.9. The molecule has 1 saturated heterocycles. The second kappa shape index (κ2) is 9.20. The third kappa shape index (κ3) is 4.95. The number of nitrogens with one attached hydrogen (secondary N) is 1. The molecular weight excluding hydrogens is 330 g/mol. The van der Waals surface area contributed by atoms with Crippen LogP contribution in [-0.4, -0.2) is 43.8 Å². The molecule has 0 bridgehead atoms. The van der Waals surface area contributed by atoms with Crippen LogP contribution in [0.15, 0.2) is 42.6 Å². The summed E-state index contributed by atoms with van der Waals surface area (Å²) in [5, 5.41) is 2.91. The van der Waals surface area contributed by atoms with Gasteiger partial charge < -0.3 is 19.7 Å². The van der Waals surface area contributed by atoms with Crippen LogP contribution < -0.4 is 15.0 Å². The van der Waals surface area contributed by atoms with Crippen LogP contribution in [0, 0.1) is 0 Å². The number of nitrogens with zero attached hydrogens (tertiary/aromatic N) is 2. The second-order valence-electron chi connectivity index (χ2n) is 6.09. The number of hydrogen-bond donors (Lipinski definition) is 1. The van der Waals surface area contributed by atoms with Crippen molar-refractivity contribution in [1.29, 1.82) is 0 Å². The minimum absolute atomic E-state index is 0.0303. The van der Waals surface area contributed by atoms with E-state index in [0.717, 1.165) is 43.4 Å². The van der Waals surface area contributed by atoms with Crippen LogP contribution in [0.5, 0.6) is 5.75 Å². The molecule has 0 radical (unpaired) electrons. The molecule has 1 aromatic carbocycles. The Hall–Kier alpha value is -2.60. The summed E-state index contributed by atoms with van der Waals surface area (Å²) >= 11 is 0. The number of pyridine rings is 1. The number of carbonyl (C=O) groups is 1. The predicted octanol–water partition coefficient (Wildman–Crippen LogP) is 2.89. The van der Waals surface area contributed by atoms with Gasteiger partial charge in [-0.1, -0.05) is 18.2 Å². The summed E-state index contributed by atoms with van der Waals surface area (Å²) in [5.74, 6) is 1.73. The smallest absolute Gasteiger partial charge is 0.224 e. The fourth-order valence-corrected chi connectivity index (χ4v) is 2.92. The van der Waals surface area contributed by atoms with Crippen LogP contribution in [0.25, 0.3) is 0 Å². The van der Waals surface area contributed by atoms with Gasteiger partial charge in [0, 0.05) is 19.5 Å². The van der Waals surface area contributed by atoms with Crippen LogP contribution >= 0.6 is 0 Å². The standard InChI is InChI=1S/C20H25N3O3/c1-2-26-18-6-4-3-5-16(18)7-10-20(24)22-17-8-9-19(21-15-17)23-11-13-25-14-12-23/h3-6,8-9,15H,2,7,10-14H2,1H3,(H,22,24). The molecule has 2 heterocycles. The minimum atomic E-state index is -0.0303. The van der Waals surface area contributed by atoms with E-state index in [4.69, 9.17) is 9.47 Å². The number of aromatic nitrogens is 1. The summed E-state index contributed by atoms with van der Waals surface area (Å²) in [7, 11) is 0. The number of aryl methyl sites for hydroxylation is 1. The first-order valence-electron chi connectivity index (χ1n) is 9.05. The molecule has 1 aliphatic rings. The van der Waals surface area contributed by atoms with E-state index in [-0.39, 0.29) is 5.91 Å². The first-order chi connectivity index (χ1) is 12.8. The lowest BCUT2D eigenvalue weighted by molar-refractivity contribution is -0.116. The van der Waals surface area contributed by atoms with Crippen molar-refractivity contribution < 1.29 is 14.3 Å². The van der Waals surface area contributed by atoms with Crippen LogP contribution in [0.3, 0.4) is 0 Å². The monoisotopic (exact) mass is 355 g/mol. The van der Waals surface area contributed by atoms with Crippen molar-refractivity contribution in [3.63, 3.8) is 0 Å². The van der Waals surface area contributed by atoms with Gasteiger partial charge in [-0.25, -0.2) is 4.98 Å². The van der Waals surface area contributed by atoms with Gasteiger partial charge in [-0.15, -0.1) is 0 Å². The van der Waals surface area contributed by atoms with Gasteiger partial charge in [0.15, 0.2) is 0 Å². The Labute approximate surface area is 154 Å². The molecule has 0 atom stereocenters. The summed E-state index contributed by atoms with van der Waals surface area (Å²) in [6.07, 6.45) is 2.74. The van der Waals surface area contributed by atoms with Crippen molar-refractivity contribution in [2.45, 2.75) is 19.8 Å². The molecule has 1 aliphatic heterocycles. The van der Waals surface area contributed by atoms with Crippen LogP contribution in [0.4, 0.5) is 11.5 Å². The Morgan fingerprint density at radius 2 is 2.04 bits per heavy atom. The fourth-order valence-electron chi connectivity index (χ4n) is 2.92. The maximum absolute atomic E-state index is 12.2. The van der Waals surface area contributed by atoms with Gasteiger partial charge in [-0.2, -0.15) is 0 Å². The lowest BCUT2D eigenvalue weighted by atomic mass is 10.1. The molecule has 1 aromatic heterocycles. The molecule has 3 rings (SSSR count). The third-order valence-electron chi connectivity index (χ3n) is 4.26. The molecule has 1 fully saturated rings. The highest BCUT2D eigenvalue weighted by atomic mass is 16.5. The van der Waals surface area contributed by atoms with E-state index in [9.17, 15) is 4.79 Å². The Kier molecular flexibility index (Phi) is 6.44. The highest BCUT2D eigenvalue weighted by Gasteiger charge is 2.12. The number of rotatable bonds is 7. The van der Waals surface area contributed by atoms with Crippen molar-refractivity contribution in [3.05, 3.63) is 48.2 Å². The molecule has 0 spiro atoms. The minimum Gasteiger partial charge on any atom is -0.494 e. The van der Waals surface area contributed by atoms with E-state index in [2.05, 4.69) is 15.2 Å². The van der Waals surface area contributed by atoms with Crippen molar-refractivity contribution in [1.82, 2.24) is 4.98 Å². The number of anilines is 2. The van der Waals surface area contributed by atoms with Crippen molar-refractivity contribution >= 4 is 17.4 Å². The van der Waals surface area contributed by atoms with E-state index in [0.29, 0.717) is 25.1 Å². The largest absolute Gasteiger partial charge is 0.494 e. The highest BCUT2D eigenvalue weighted by molar-refractivity contribution is 5.90. The van der Waals surface area contributed by atoms with E-state index in [1.54, 1.807) is 6.20 Å². The van der Waals surface area contributed by atoms with E-state index in [1.807, 2.05) is 43.3 Å². The zero-order valence-corrected chi connectivity index (χ0v) is 15.1. The molecule has 1 amide bonds. The molecule has 138 valence electrons. The van der Waals surface area contributed by atoms with Gasteiger partial charge in [0.1, 0.15) is 11.6 Å². The molecule has 2 aromatic rings. The third-order valence-corrected chi connectivity index (χ3v) is 4.26. The number of amides is 1. The highest BCUT2D eigenvalue weighted by Crippen LogP contribution is 2.20. The quantitative estimate of drug-likeness (QED) is 0.827. The van der Waals surface area contributed by atoms with Crippen molar-refractivity contribution in [2.75, 3.05) is 43.1 Å². The zero-order chi connectivity index (χ0) is 18.2. The number of ether oxygens (including phenoxy) is 2. The molecule has 6 heteroatoms. The molecule has 26 heavy (non-hydrogen) atoms. The average Bonchev–Trinajstić information content (AvgIpc) is 2.69. The molecule has 1 N–H and O–H groups in total. The average molecular weight is 355 g/mol. The number of benzene rings is 1. The zero-order valence-electron chi connectivity index (χ0n) is 15.1. The van der Waals surface area contributed by atoms with E-state index < -0.39 is 0 Å². The van der Waals surface area contributed by atoms with E-state index >= 15 is 0 Å². The van der Waals surface area contributed by atoms with Gasteiger partial charge in [-0.05, 0) is 37.1 Å². The maximum atomic E-state index is 12.2. The maximum Gasteiger partial charge on any atom is 0.224 e. The van der Waals surface area contributed by atoms with Crippen molar-refractivity contribution in [2.24, 2.45) is 0 Å². The first-order valence-corrected chi connectivity index (χ1v) is 9.05. The molecule has 0 unspecified atom stereocenters.